The van der Waals surface area contributed by atoms with E-state index in [0.717, 1.165) is 11.1 Å². The third-order valence-electron chi connectivity index (χ3n) is 3.78. The Morgan fingerprint density at radius 1 is 1.15 bits per heavy atom. The number of carbonyl (C=O) groups is 2. The second-order valence-electron chi connectivity index (χ2n) is 7.12. The van der Waals surface area contributed by atoms with Gasteiger partial charge in [0.2, 0.25) is 0 Å². The molecule has 0 saturated carbocycles. The molecule has 0 aliphatic rings. The van der Waals surface area contributed by atoms with Gasteiger partial charge in [0.25, 0.3) is 0 Å². The van der Waals surface area contributed by atoms with Crippen LogP contribution in [0.15, 0.2) is 42.7 Å². The second kappa shape index (κ2) is 6.71. The molecule has 0 unspecified atom stereocenters. The molecule has 1 aromatic carbocycles. The van der Waals surface area contributed by atoms with Crippen molar-refractivity contribution in [2.75, 3.05) is 0 Å². The normalized spacial score (nSPS) is 11.5. The number of fused-ring (bicyclic) bond motifs is 1. The average molecular weight is 351 g/mol. The van der Waals surface area contributed by atoms with Crippen molar-refractivity contribution in [3.05, 3.63) is 48.4 Å². The van der Waals surface area contributed by atoms with Crippen LogP contribution in [0.5, 0.6) is 0 Å². The smallest absolute Gasteiger partial charge is 0.328 e. The highest BCUT2D eigenvalue weighted by Crippen LogP contribution is 2.26. The number of aromatic nitrogens is 3. The summed E-state index contributed by atoms with van der Waals surface area (Å²) in [4.78, 5) is 28.3. The van der Waals surface area contributed by atoms with Gasteiger partial charge < -0.3 is 4.74 Å². The Bertz CT molecular complexity index is 969. The zero-order valence-corrected chi connectivity index (χ0v) is 15.3. The van der Waals surface area contributed by atoms with E-state index in [-0.39, 0.29) is 12.3 Å². The van der Waals surface area contributed by atoms with Gasteiger partial charge >= 0.3 is 5.97 Å². The maximum atomic E-state index is 12.2. The lowest BCUT2D eigenvalue weighted by molar-refractivity contribution is -0.155. The summed E-state index contributed by atoms with van der Waals surface area (Å²) >= 11 is 0. The van der Waals surface area contributed by atoms with Gasteiger partial charge in [0.15, 0.2) is 5.78 Å². The lowest BCUT2D eigenvalue weighted by Crippen LogP contribution is -2.26. The summed E-state index contributed by atoms with van der Waals surface area (Å²) in [7, 11) is 0. The van der Waals surface area contributed by atoms with Gasteiger partial charge in [-0.05, 0) is 44.5 Å². The number of ketones is 1. The number of Topliss-reactive ketones (excluding diaryl/α,β-unsaturated/α-hetero) is 1. The predicted molar refractivity (Wildman–Crippen MR) is 98.8 cm³/mol. The Kier molecular flexibility index (Phi) is 4.59. The van der Waals surface area contributed by atoms with Crippen molar-refractivity contribution in [1.82, 2.24) is 14.8 Å². The molecule has 3 aromatic rings. The van der Waals surface area contributed by atoms with Crippen molar-refractivity contribution in [3.63, 3.8) is 0 Å². The molecule has 0 bridgehead atoms. The van der Waals surface area contributed by atoms with Crippen LogP contribution in [0.25, 0.3) is 22.0 Å². The summed E-state index contributed by atoms with van der Waals surface area (Å²) in [5.41, 5.74) is 2.37. The molecular weight excluding hydrogens is 330 g/mol. The van der Waals surface area contributed by atoms with Gasteiger partial charge in [-0.2, -0.15) is 5.10 Å². The maximum absolute atomic E-state index is 12.2. The van der Waals surface area contributed by atoms with Crippen molar-refractivity contribution >= 4 is 22.7 Å². The van der Waals surface area contributed by atoms with Crippen molar-refractivity contribution in [1.29, 1.82) is 0 Å². The summed E-state index contributed by atoms with van der Waals surface area (Å²) in [6, 6.07) is 9.50. The van der Waals surface area contributed by atoms with E-state index in [9.17, 15) is 9.59 Å². The fraction of sp³-hybridized carbons (Fsp3) is 0.300. The topological polar surface area (TPSA) is 74.1 Å². The van der Waals surface area contributed by atoms with Crippen LogP contribution in [0.2, 0.25) is 0 Å². The minimum atomic E-state index is -0.572. The minimum absolute atomic E-state index is 0.0483. The highest BCUT2D eigenvalue weighted by atomic mass is 16.6. The van der Waals surface area contributed by atoms with Gasteiger partial charge in [0.1, 0.15) is 17.8 Å². The number of benzene rings is 1. The summed E-state index contributed by atoms with van der Waals surface area (Å²) in [5.74, 6) is -0.547. The van der Waals surface area contributed by atoms with E-state index in [1.54, 1.807) is 12.4 Å². The Morgan fingerprint density at radius 3 is 2.54 bits per heavy atom. The molecule has 0 radical (unpaired) electrons. The largest absolute Gasteiger partial charge is 0.459 e. The molecule has 0 atom stereocenters. The van der Waals surface area contributed by atoms with Crippen LogP contribution >= 0.6 is 0 Å². The second-order valence-corrected chi connectivity index (χ2v) is 7.12. The fourth-order valence-corrected chi connectivity index (χ4v) is 2.77. The first kappa shape index (κ1) is 17.8. The molecule has 2 heterocycles. The molecule has 0 N–H and O–H groups in total. The Balaban J connectivity index is 2.03. The lowest BCUT2D eigenvalue weighted by Gasteiger charge is -2.19. The first-order valence-corrected chi connectivity index (χ1v) is 8.38. The van der Waals surface area contributed by atoms with Gasteiger partial charge in [-0.3, -0.25) is 19.3 Å². The van der Waals surface area contributed by atoms with Gasteiger partial charge in [0, 0.05) is 30.3 Å². The summed E-state index contributed by atoms with van der Waals surface area (Å²) < 4.78 is 6.88. The summed E-state index contributed by atoms with van der Waals surface area (Å²) in [5, 5.41) is 5.05. The molecule has 0 aliphatic carbocycles. The molecule has 134 valence electrons. The molecule has 6 heteroatoms. The van der Waals surface area contributed by atoms with Gasteiger partial charge in [-0.25, -0.2) is 0 Å². The van der Waals surface area contributed by atoms with E-state index >= 15 is 0 Å². The molecule has 6 nitrogen and oxygen atoms in total. The maximum Gasteiger partial charge on any atom is 0.328 e. The van der Waals surface area contributed by atoms with Crippen LogP contribution in [-0.4, -0.2) is 32.1 Å². The molecule has 0 aliphatic heterocycles. The van der Waals surface area contributed by atoms with E-state index in [1.807, 2.05) is 51.1 Å². The molecule has 0 spiro atoms. The van der Waals surface area contributed by atoms with E-state index in [0.29, 0.717) is 16.6 Å². The zero-order valence-electron chi connectivity index (χ0n) is 15.3. The highest BCUT2D eigenvalue weighted by molar-refractivity contribution is 6.06. The number of hydrogen-bond donors (Lipinski definition) is 0. The Hall–Kier alpha value is -3.02. The molecule has 0 amide bonds. The van der Waals surface area contributed by atoms with Crippen LogP contribution in [0.1, 0.15) is 38.2 Å². The van der Waals surface area contributed by atoms with E-state index in [4.69, 9.17) is 4.74 Å². The minimum Gasteiger partial charge on any atom is -0.459 e. The van der Waals surface area contributed by atoms with Gasteiger partial charge in [-0.15, -0.1) is 0 Å². The third kappa shape index (κ3) is 3.79. The van der Waals surface area contributed by atoms with Gasteiger partial charge in [-0.1, -0.05) is 12.1 Å². The standard InChI is InChI=1S/C20H21N3O3/c1-13(24)19-16-10-14(15-6-5-9-21-11-15)7-8-17(16)23(22-19)12-18(25)26-20(2,3)4/h5-11H,12H2,1-4H3. The van der Waals surface area contributed by atoms with Crippen molar-refractivity contribution in [3.8, 4) is 11.1 Å². The molecule has 3 rings (SSSR count). The first-order chi connectivity index (χ1) is 12.2. The van der Waals surface area contributed by atoms with E-state index in [2.05, 4.69) is 10.1 Å². The summed E-state index contributed by atoms with van der Waals surface area (Å²) in [6.07, 6.45) is 3.47. The number of nitrogens with zero attached hydrogens (tertiary/aromatic N) is 3. The molecule has 26 heavy (non-hydrogen) atoms. The number of pyridine rings is 1. The highest BCUT2D eigenvalue weighted by Gasteiger charge is 2.20. The van der Waals surface area contributed by atoms with E-state index < -0.39 is 11.6 Å². The average Bonchev–Trinajstić information content (AvgIpc) is 2.92. The quantitative estimate of drug-likeness (QED) is 0.530. The zero-order chi connectivity index (χ0) is 18.9. The number of hydrogen-bond acceptors (Lipinski definition) is 5. The van der Waals surface area contributed by atoms with Crippen molar-refractivity contribution in [2.24, 2.45) is 0 Å². The van der Waals surface area contributed by atoms with Crippen LogP contribution in [0.3, 0.4) is 0 Å². The van der Waals surface area contributed by atoms with Crippen LogP contribution in [0, 0.1) is 0 Å². The Labute approximate surface area is 151 Å². The fourth-order valence-electron chi connectivity index (χ4n) is 2.77. The SMILES string of the molecule is CC(=O)c1nn(CC(=O)OC(C)(C)C)c2ccc(-c3cccnc3)cc12. The molecular formula is C20H21N3O3. The van der Waals surface area contributed by atoms with Crippen LogP contribution < -0.4 is 0 Å². The van der Waals surface area contributed by atoms with E-state index in [1.165, 1.54) is 11.6 Å². The first-order valence-electron chi connectivity index (χ1n) is 8.38. The van der Waals surface area contributed by atoms with Crippen molar-refractivity contribution < 1.29 is 14.3 Å². The van der Waals surface area contributed by atoms with Crippen LogP contribution in [-0.2, 0) is 16.1 Å². The van der Waals surface area contributed by atoms with Crippen LogP contribution in [0.4, 0.5) is 0 Å². The molecule has 0 saturated heterocycles. The lowest BCUT2D eigenvalue weighted by atomic mass is 10.0. The third-order valence-corrected chi connectivity index (χ3v) is 3.78. The number of rotatable bonds is 4. The number of esters is 1. The molecule has 0 fully saturated rings. The van der Waals surface area contributed by atoms with Crippen molar-refractivity contribution in [2.45, 2.75) is 39.8 Å². The predicted octanol–water partition coefficient (Wildman–Crippen LogP) is 3.64. The number of carbonyl (C=O) groups excluding carboxylic acids is 2. The molecule has 2 aromatic heterocycles. The number of ether oxygens (including phenoxy) is 1. The summed E-state index contributed by atoms with van der Waals surface area (Å²) in [6.45, 7) is 6.86. The Morgan fingerprint density at radius 2 is 1.92 bits per heavy atom. The monoisotopic (exact) mass is 351 g/mol. The van der Waals surface area contributed by atoms with Gasteiger partial charge in [0.05, 0.1) is 5.52 Å².